The third-order valence-electron chi connectivity index (χ3n) is 2.70. The first-order valence-electron chi connectivity index (χ1n) is 5.94. The molecule has 0 saturated heterocycles. The van der Waals surface area contributed by atoms with Crippen LogP contribution in [0.5, 0.6) is 0 Å². The SMILES string of the molecule is Nc1ccc2nc(CCSc3ccncn3)[nH]c2c1. The molecule has 2 aromatic heterocycles. The van der Waals surface area contributed by atoms with Crippen LogP contribution < -0.4 is 5.73 Å². The summed E-state index contributed by atoms with van der Waals surface area (Å²) in [6, 6.07) is 7.61. The highest BCUT2D eigenvalue weighted by Crippen LogP contribution is 2.18. The topological polar surface area (TPSA) is 80.5 Å². The van der Waals surface area contributed by atoms with E-state index in [1.54, 1.807) is 24.3 Å². The van der Waals surface area contributed by atoms with E-state index in [0.29, 0.717) is 0 Å². The zero-order chi connectivity index (χ0) is 13.1. The third-order valence-corrected chi connectivity index (χ3v) is 3.64. The van der Waals surface area contributed by atoms with Crippen LogP contribution in [0.2, 0.25) is 0 Å². The normalized spacial score (nSPS) is 10.9. The summed E-state index contributed by atoms with van der Waals surface area (Å²) >= 11 is 1.69. The van der Waals surface area contributed by atoms with Crippen LogP contribution in [0.1, 0.15) is 5.82 Å². The average molecular weight is 271 g/mol. The van der Waals surface area contributed by atoms with E-state index in [-0.39, 0.29) is 0 Å². The minimum atomic E-state index is 0.748. The van der Waals surface area contributed by atoms with Gasteiger partial charge in [0.25, 0.3) is 0 Å². The fraction of sp³-hybridized carbons (Fsp3) is 0.154. The molecule has 3 aromatic rings. The summed E-state index contributed by atoms with van der Waals surface area (Å²) in [6.45, 7) is 0. The van der Waals surface area contributed by atoms with Crippen molar-refractivity contribution in [3.8, 4) is 0 Å². The van der Waals surface area contributed by atoms with Crippen molar-refractivity contribution in [2.45, 2.75) is 11.4 Å². The first-order valence-corrected chi connectivity index (χ1v) is 6.93. The van der Waals surface area contributed by atoms with Gasteiger partial charge in [-0.2, -0.15) is 0 Å². The van der Waals surface area contributed by atoms with Crippen molar-refractivity contribution in [3.63, 3.8) is 0 Å². The van der Waals surface area contributed by atoms with Crippen molar-refractivity contribution >= 4 is 28.5 Å². The number of H-pyrrole nitrogens is 1. The maximum atomic E-state index is 5.74. The highest BCUT2D eigenvalue weighted by Gasteiger charge is 2.03. The van der Waals surface area contributed by atoms with Crippen LogP contribution in [0.4, 0.5) is 5.69 Å². The molecule has 0 aliphatic carbocycles. The fourth-order valence-electron chi connectivity index (χ4n) is 1.81. The molecule has 5 nitrogen and oxygen atoms in total. The first-order chi connectivity index (χ1) is 9.31. The minimum absolute atomic E-state index is 0.748. The molecule has 3 rings (SSSR count). The van der Waals surface area contributed by atoms with Crippen LogP contribution in [0.3, 0.4) is 0 Å². The smallest absolute Gasteiger partial charge is 0.116 e. The Bertz CT molecular complexity index is 680. The molecule has 0 amide bonds. The highest BCUT2D eigenvalue weighted by atomic mass is 32.2. The Hall–Kier alpha value is -2.08. The lowest BCUT2D eigenvalue weighted by atomic mass is 10.3. The van der Waals surface area contributed by atoms with Crippen LogP contribution >= 0.6 is 11.8 Å². The second-order valence-electron chi connectivity index (χ2n) is 4.11. The van der Waals surface area contributed by atoms with E-state index in [1.807, 2.05) is 24.3 Å². The average Bonchev–Trinajstić information content (AvgIpc) is 2.82. The number of anilines is 1. The van der Waals surface area contributed by atoms with Gasteiger partial charge < -0.3 is 10.7 Å². The molecule has 0 fully saturated rings. The quantitative estimate of drug-likeness (QED) is 0.432. The van der Waals surface area contributed by atoms with E-state index in [4.69, 9.17) is 5.73 Å². The van der Waals surface area contributed by atoms with Crippen LogP contribution in [0.25, 0.3) is 11.0 Å². The van der Waals surface area contributed by atoms with Crippen LogP contribution in [-0.2, 0) is 6.42 Å². The molecule has 96 valence electrons. The van der Waals surface area contributed by atoms with Gasteiger partial charge in [-0.05, 0) is 24.3 Å². The first kappa shape index (κ1) is 12.0. The van der Waals surface area contributed by atoms with Crippen LogP contribution in [0, 0.1) is 0 Å². The lowest BCUT2D eigenvalue weighted by Gasteiger charge is -1.97. The Morgan fingerprint density at radius 3 is 3.05 bits per heavy atom. The number of thioether (sulfide) groups is 1. The number of nitrogens with one attached hydrogen (secondary N) is 1. The van der Waals surface area contributed by atoms with E-state index < -0.39 is 0 Å². The standard InChI is InChI=1S/C13H13N5S/c14-9-1-2-10-11(7-9)18-12(17-10)4-6-19-13-3-5-15-8-16-13/h1-3,5,7-8H,4,6,14H2,(H,17,18). The van der Waals surface area contributed by atoms with Gasteiger partial charge >= 0.3 is 0 Å². The molecule has 0 aliphatic heterocycles. The molecular formula is C13H13N5S. The summed E-state index contributed by atoms with van der Waals surface area (Å²) in [6.07, 6.45) is 4.18. The Morgan fingerprint density at radius 2 is 2.21 bits per heavy atom. The van der Waals surface area contributed by atoms with Crippen LogP contribution in [0.15, 0.2) is 41.8 Å². The molecule has 0 bridgehead atoms. The predicted molar refractivity (Wildman–Crippen MR) is 77.0 cm³/mol. The van der Waals surface area contributed by atoms with Crippen LogP contribution in [-0.4, -0.2) is 25.7 Å². The number of rotatable bonds is 4. The Balaban J connectivity index is 1.65. The van der Waals surface area contributed by atoms with Crippen molar-refractivity contribution in [2.24, 2.45) is 0 Å². The fourth-order valence-corrected chi connectivity index (χ4v) is 2.60. The summed E-state index contributed by atoms with van der Waals surface area (Å²) in [5.41, 5.74) is 8.43. The van der Waals surface area contributed by atoms with Gasteiger partial charge in [0, 0.05) is 24.1 Å². The van der Waals surface area contributed by atoms with Gasteiger partial charge in [-0.15, -0.1) is 11.8 Å². The second kappa shape index (κ2) is 5.27. The van der Waals surface area contributed by atoms with Crippen molar-refractivity contribution < 1.29 is 0 Å². The molecular weight excluding hydrogens is 258 g/mol. The van der Waals surface area contributed by atoms with Gasteiger partial charge in [-0.25, -0.2) is 15.0 Å². The highest BCUT2D eigenvalue weighted by molar-refractivity contribution is 7.99. The zero-order valence-corrected chi connectivity index (χ0v) is 11.0. The number of imidazole rings is 1. The van der Waals surface area contributed by atoms with Crippen molar-refractivity contribution in [2.75, 3.05) is 11.5 Å². The molecule has 3 N–H and O–H groups in total. The summed E-state index contributed by atoms with van der Waals surface area (Å²) < 4.78 is 0. The van der Waals surface area contributed by atoms with Crippen molar-refractivity contribution in [1.29, 1.82) is 0 Å². The largest absolute Gasteiger partial charge is 0.399 e. The van der Waals surface area contributed by atoms with E-state index in [1.165, 1.54) is 0 Å². The molecule has 2 heterocycles. The molecule has 19 heavy (non-hydrogen) atoms. The summed E-state index contributed by atoms with van der Waals surface area (Å²) in [7, 11) is 0. The van der Waals surface area contributed by atoms with E-state index in [0.717, 1.165) is 39.7 Å². The number of nitrogens with zero attached hydrogens (tertiary/aromatic N) is 3. The van der Waals surface area contributed by atoms with E-state index >= 15 is 0 Å². The Kier molecular flexibility index (Phi) is 3.33. The molecule has 6 heteroatoms. The molecule has 1 aromatic carbocycles. The zero-order valence-electron chi connectivity index (χ0n) is 10.2. The predicted octanol–water partition coefficient (Wildman–Crippen LogP) is 2.27. The lowest BCUT2D eigenvalue weighted by molar-refractivity contribution is 0.999. The molecule has 0 unspecified atom stereocenters. The Morgan fingerprint density at radius 1 is 1.26 bits per heavy atom. The number of hydrogen-bond acceptors (Lipinski definition) is 5. The Labute approximate surface area is 114 Å². The molecule has 0 spiro atoms. The monoisotopic (exact) mass is 271 g/mol. The lowest BCUT2D eigenvalue weighted by Crippen LogP contribution is -1.91. The van der Waals surface area contributed by atoms with Gasteiger partial charge in [-0.3, -0.25) is 0 Å². The number of aryl methyl sites for hydroxylation is 1. The third kappa shape index (κ3) is 2.85. The summed E-state index contributed by atoms with van der Waals surface area (Å²) in [4.78, 5) is 15.9. The molecule has 0 radical (unpaired) electrons. The molecule has 0 saturated carbocycles. The van der Waals surface area contributed by atoms with E-state index in [2.05, 4.69) is 19.9 Å². The number of nitrogens with two attached hydrogens (primary N) is 1. The molecule has 0 aliphatic rings. The van der Waals surface area contributed by atoms with Gasteiger partial charge in [-0.1, -0.05) is 0 Å². The summed E-state index contributed by atoms with van der Waals surface area (Å²) in [5, 5.41) is 0.982. The number of nitrogen functional groups attached to an aromatic ring is 1. The van der Waals surface area contributed by atoms with Gasteiger partial charge in [0.15, 0.2) is 0 Å². The van der Waals surface area contributed by atoms with Gasteiger partial charge in [0.2, 0.25) is 0 Å². The van der Waals surface area contributed by atoms with Crippen molar-refractivity contribution in [3.05, 3.63) is 42.6 Å². The second-order valence-corrected chi connectivity index (χ2v) is 5.22. The van der Waals surface area contributed by atoms with Gasteiger partial charge in [0.05, 0.1) is 16.1 Å². The van der Waals surface area contributed by atoms with E-state index in [9.17, 15) is 0 Å². The number of aromatic nitrogens is 4. The number of benzene rings is 1. The number of fused-ring (bicyclic) bond motifs is 1. The van der Waals surface area contributed by atoms with Crippen molar-refractivity contribution in [1.82, 2.24) is 19.9 Å². The molecule has 0 atom stereocenters. The number of aromatic amines is 1. The maximum absolute atomic E-state index is 5.74. The number of hydrogen-bond donors (Lipinski definition) is 2. The maximum Gasteiger partial charge on any atom is 0.116 e. The van der Waals surface area contributed by atoms with Gasteiger partial charge in [0.1, 0.15) is 12.2 Å². The minimum Gasteiger partial charge on any atom is -0.399 e. The summed E-state index contributed by atoms with van der Waals surface area (Å²) in [5.74, 6) is 1.90.